The number of rotatable bonds is 2. The normalized spacial score (nSPS) is 15.6. The fourth-order valence-electron chi connectivity index (χ4n) is 0.861. The van der Waals surface area contributed by atoms with Crippen molar-refractivity contribution in [2.75, 3.05) is 12.3 Å². The van der Waals surface area contributed by atoms with Crippen LogP contribution < -0.4 is 11.5 Å². The van der Waals surface area contributed by atoms with Crippen LogP contribution in [0.25, 0.3) is 0 Å². The second-order valence-corrected chi connectivity index (χ2v) is 3.08. The molecule has 0 amide bonds. The molecule has 0 radical (unpaired) electrons. The van der Waals surface area contributed by atoms with Gasteiger partial charge in [0.15, 0.2) is 0 Å². The van der Waals surface area contributed by atoms with E-state index in [4.69, 9.17) is 16.6 Å². The molecule has 4 heteroatoms. The van der Waals surface area contributed by atoms with E-state index in [0.717, 1.165) is 5.56 Å². The summed E-state index contributed by atoms with van der Waals surface area (Å²) in [5.74, 6) is 0. The summed E-state index contributed by atoms with van der Waals surface area (Å²) in [4.78, 5) is 3.88. The first-order chi connectivity index (χ1) is 5.56. The van der Waals surface area contributed by atoms with Gasteiger partial charge in [-0.2, -0.15) is 0 Å². The van der Waals surface area contributed by atoms with Crippen molar-refractivity contribution < 1.29 is 5.11 Å². The molecule has 0 aliphatic rings. The smallest absolute Gasteiger partial charge is 0.0651 e. The summed E-state index contributed by atoms with van der Waals surface area (Å²) in [7, 11) is 0. The molecule has 1 atom stereocenters. The van der Waals surface area contributed by atoms with Gasteiger partial charge in [0.1, 0.15) is 0 Å². The largest absolute Gasteiger partial charge is 0.397 e. The van der Waals surface area contributed by atoms with Gasteiger partial charge in [0.05, 0.1) is 17.8 Å². The molecule has 1 heterocycles. The lowest BCUT2D eigenvalue weighted by Gasteiger charge is -2.21. The third-order valence-electron chi connectivity index (χ3n) is 1.75. The van der Waals surface area contributed by atoms with E-state index >= 15 is 0 Å². The number of nitrogen functional groups attached to an aromatic ring is 1. The molecule has 12 heavy (non-hydrogen) atoms. The fraction of sp³-hybridized carbons (Fsp3) is 0.375. The third-order valence-corrected chi connectivity index (χ3v) is 1.75. The number of nitrogens with zero attached hydrogens (tertiary/aromatic N) is 1. The second-order valence-electron chi connectivity index (χ2n) is 3.08. The molecule has 0 spiro atoms. The number of nitrogens with two attached hydrogens (primary N) is 2. The summed E-state index contributed by atoms with van der Waals surface area (Å²) in [6, 6.07) is 1.71. The van der Waals surface area contributed by atoms with E-state index in [0.29, 0.717) is 5.69 Å². The average molecular weight is 167 g/mol. The van der Waals surface area contributed by atoms with Gasteiger partial charge >= 0.3 is 0 Å². The maximum absolute atomic E-state index is 8.94. The molecular weight excluding hydrogens is 154 g/mol. The highest BCUT2D eigenvalue weighted by Crippen LogP contribution is 2.17. The zero-order valence-electron chi connectivity index (χ0n) is 6.99. The van der Waals surface area contributed by atoms with Gasteiger partial charge in [0.2, 0.25) is 0 Å². The highest BCUT2D eigenvalue weighted by atomic mass is 16.3. The molecule has 1 rings (SSSR count). The van der Waals surface area contributed by atoms with Crippen LogP contribution >= 0.6 is 0 Å². The lowest BCUT2D eigenvalue weighted by Crippen LogP contribution is -2.37. The Bertz CT molecular complexity index is 273. The predicted octanol–water partition coefficient (Wildman–Crippen LogP) is -0.170. The van der Waals surface area contributed by atoms with E-state index in [1.54, 1.807) is 19.2 Å². The summed E-state index contributed by atoms with van der Waals surface area (Å²) in [5, 5.41) is 8.94. The highest BCUT2D eigenvalue weighted by Gasteiger charge is 2.19. The van der Waals surface area contributed by atoms with E-state index in [9.17, 15) is 0 Å². The Hall–Kier alpha value is -1.13. The van der Waals surface area contributed by atoms with Gasteiger partial charge < -0.3 is 16.6 Å². The average Bonchev–Trinajstić information content (AvgIpc) is 2.05. The number of anilines is 1. The van der Waals surface area contributed by atoms with Crippen molar-refractivity contribution in [2.45, 2.75) is 12.5 Å². The maximum Gasteiger partial charge on any atom is 0.0651 e. The van der Waals surface area contributed by atoms with Crippen molar-refractivity contribution in [1.29, 1.82) is 0 Å². The van der Waals surface area contributed by atoms with Crippen LogP contribution in [-0.4, -0.2) is 16.7 Å². The first-order valence-electron chi connectivity index (χ1n) is 3.67. The number of hydrogen-bond donors (Lipinski definition) is 3. The lowest BCUT2D eigenvalue weighted by atomic mass is 9.96. The highest BCUT2D eigenvalue weighted by molar-refractivity contribution is 5.39. The molecule has 66 valence electrons. The Kier molecular flexibility index (Phi) is 2.30. The SMILES string of the molecule is C[C@@](N)(CO)c1cncc(N)c1. The topological polar surface area (TPSA) is 85.2 Å². The molecule has 1 aromatic heterocycles. The minimum atomic E-state index is -0.762. The van der Waals surface area contributed by atoms with Gasteiger partial charge in [-0.25, -0.2) is 0 Å². The van der Waals surface area contributed by atoms with Crippen molar-refractivity contribution in [3.63, 3.8) is 0 Å². The zero-order chi connectivity index (χ0) is 9.19. The molecule has 4 nitrogen and oxygen atoms in total. The van der Waals surface area contributed by atoms with Gasteiger partial charge in [0.25, 0.3) is 0 Å². The number of aromatic nitrogens is 1. The monoisotopic (exact) mass is 167 g/mol. The number of aliphatic hydroxyl groups excluding tert-OH is 1. The van der Waals surface area contributed by atoms with Gasteiger partial charge in [-0.3, -0.25) is 4.98 Å². The van der Waals surface area contributed by atoms with E-state index in [1.807, 2.05) is 0 Å². The van der Waals surface area contributed by atoms with Crippen molar-refractivity contribution in [3.8, 4) is 0 Å². The van der Waals surface area contributed by atoms with Gasteiger partial charge in [0, 0.05) is 12.4 Å². The Morgan fingerprint density at radius 3 is 2.75 bits per heavy atom. The Labute approximate surface area is 71.2 Å². The summed E-state index contributed by atoms with van der Waals surface area (Å²) in [6.07, 6.45) is 3.14. The van der Waals surface area contributed by atoms with Gasteiger partial charge in [-0.15, -0.1) is 0 Å². The summed E-state index contributed by atoms with van der Waals surface area (Å²) in [6.45, 7) is 1.60. The van der Waals surface area contributed by atoms with E-state index in [-0.39, 0.29) is 6.61 Å². The van der Waals surface area contributed by atoms with Gasteiger partial charge in [-0.05, 0) is 18.6 Å². The summed E-state index contributed by atoms with van der Waals surface area (Å²) in [5.41, 5.74) is 11.8. The first kappa shape index (κ1) is 8.96. The van der Waals surface area contributed by atoms with Crippen molar-refractivity contribution in [3.05, 3.63) is 24.0 Å². The van der Waals surface area contributed by atoms with Crippen LogP contribution in [0.5, 0.6) is 0 Å². The molecule has 0 saturated carbocycles. The Morgan fingerprint density at radius 2 is 2.25 bits per heavy atom. The van der Waals surface area contributed by atoms with Crippen molar-refractivity contribution in [2.24, 2.45) is 5.73 Å². The maximum atomic E-state index is 8.94. The molecule has 0 aromatic carbocycles. The van der Waals surface area contributed by atoms with Crippen LogP contribution in [0.4, 0.5) is 5.69 Å². The van der Waals surface area contributed by atoms with Crippen molar-refractivity contribution in [1.82, 2.24) is 4.98 Å². The van der Waals surface area contributed by atoms with E-state index in [1.165, 1.54) is 6.20 Å². The standard InChI is InChI=1S/C8H13N3O/c1-8(10,5-12)6-2-7(9)4-11-3-6/h2-4,12H,5,9-10H2,1H3/t8-/m1/s1. The van der Waals surface area contributed by atoms with Crippen LogP contribution in [0.1, 0.15) is 12.5 Å². The molecule has 0 saturated heterocycles. The summed E-state index contributed by atoms with van der Waals surface area (Å²) >= 11 is 0. The second kappa shape index (κ2) is 3.08. The predicted molar refractivity (Wildman–Crippen MR) is 47.3 cm³/mol. The number of aliphatic hydroxyl groups is 1. The lowest BCUT2D eigenvalue weighted by molar-refractivity contribution is 0.210. The van der Waals surface area contributed by atoms with Crippen molar-refractivity contribution >= 4 is 5.69 Å². The van der Waals surface area contributed by atoms with Crippen LogP contribution in [-0.2, 0) is 5.54 Å². The molecule has 0 fully saturated rings. The molecular formula is C8H13N3O. The molecule has 1 aromatic rings. The minimum Gasteiger partial charge on any atom is -0.397 e. The van der Waals surface area contributed by atoms with Gasteiger partial charge in [-0.1, -0.05) is 0 Å². The first-order valence-corrected chi connectivity index (χ1v) is 3.67. The fourth-order valence-corrected chi connectivity index (χ4v) is 0.861. The number of hydrogen-bond acceptors (Lipinski definition) is 4. The Morgan fingerprint density at radius 1 is 1.58 bits per heavy atom. The van der Waals surface area contributed by atoms with Crippen LogP contribution in [0, 0.1) is 0 Å². The third kappa shape index (κ3) is 1.72. The molecule has 0 aliphatic heterocycles. The van der Waals surface area contributed by atoms with Crippen LogP contribution in [0.2, 0.25) is 0 Å². The quantitative estimate of drug-likeness (QED) is 0.571. The van der Waals surface area contributed by atoms with Crippen LogP contribution in [0.3, 0.4) is 0 Å². The zero-order valence-corrected chi connectivity index (χ0v) is 6.99. The van der Waals surface area contributed by atoms with Crippen LogP contribution in [0.15, 0.2) is 18.5 Å². The molecule has 5 N–H and O–H groups in total. The minimum absolute atomic E-state index is 0.127. The van der Waals surface area contributed by atoms with E-state index < -0.39 is 5.54 Å². The summed E-state index contributed by atoms with van der Waals surface area (Å²) < 4.78 is 0. The molecule has 0 unspecified atom stereocenters. The molecule has 0 bridgehead atoms. The molecule has 0 aliphatic carbocycles. The Balaban J connectivity index is 3.03. The van der Waals surface area contributed by atoms with E-state index in [2.05, 4.69) is 4.98 Å². The number of pyridine rings is 1.